The number of hydrogen-bond acceptors (Lipinski definition) is 12. The number of amides is 1. The second-order valence-corrected chi connectivity index (χ2v) is 23.2. The number of H-pyrrole nitrogens is 1. The van der Waals surface area contributed by atoms with Crippen molar-refractivity contribution in [1.82, 2.24) is 19.6 Å². The molecule has 5 fully saturated rings. The second-order valence-electron chi connectivity index (χ2n) is 21.5. The molecule has 15 nitrogen and oxygen atoms in total. The number of nitrogens with one attached hydrogen (secondary N) is 3. The van der Waals surface area contributed by atoms with E-state index in [4.69, 9.17) is 9.47 Å². The fraction of sp³-hybridized carbons (Fsp3) is 0.509. The Morgan fingerprint density at radius 1 is 0.986 bits per heavy atom. The molecule has 11 rings (SSSR count). The van der Waals surface area contributed by atoms with Crippen molar-refractivity contribution in [3.63, 3.8) is 0 Å². The number of nitrogens with zero attached hydrogens (tertiary/aromatic N) is 4. The molecule has 3 saturated carbocycles. The minimum absolute atomic E-state index is 0.0102. The summed E-state index contributed by atoms with van der Waals surface area (Å²) in [7, 11) is -4.67. The van der Waals surface area contributed by atoms with E-state index in [0.29, 0.717) is 47.9 Å². The quantitative estimate of drug-likeness (QED) is 0.0685. The van der Waals surface area contributed by atoms with Crippen molar-refractivity contribution in [2.75, 3.05) is 36.5 Å². The molecule has 2 aromatic heterocycles. The number of nitro groups is 1. The van der Waals surface area contributed by atoms with E-state index < -0.39 is 37.0 Å². The molecule has 1 amide bonds. The molecule has 3 aliphatic heterocycles. The van der Waals surface area contributed by atoms with E-state index in [2.05, 4.69) is 67.9 Å². The van der Waals surface area contributed by atoms with Crippen LogP contribution in [0.4, 0.5) is 17.1 Å². The average Bonchev–Trinajstić information content (AvgIpc) is 3.89. The van der Waals surface area contributed by atoms with E-state index in [-0.39, 0.29) is 41.3 Å². The summed E-state index contributed by atoms with van der Waals surface area (Å²) in [6.45, 7) is 9.38. The fourth-order valence-corrected chi connectivity index (χ4v) is 13.3. The van der Waals surface area contributed by atoms with Gasteiger partial charge >= 0.3 is 0 Å². The number of likely N-dealkylation sites (tertiary alicyclic amines) is 1. The lowest BCUT2D eigenvalue weighted by Crippen LogP contribution is -2.54. The molecule has 0 bridgehead atoms. The highest BCUT2D eigenvalue weighted by Gasteiger charge is 2.50. The molecule has 69 heavy (non-hydrogen) atoms. The fourth-order valence-electron chi connectivity index (χ4n) is 12.3. The van der Waals surface area contributed by atoms with Crippen molar-refractivity contribution in [3.8, 4) is 17.2 Å². The van der Waals surface area contributed by atoms with Gasteiger partial charge in [-0.15, -0.1) is 0 Å². The number of pyridine rings is 1. The van der Waals surface area contributed by atoms with Gasteiger partial charge in [0.25, 0.3) is 21.6 Å². The smallest absolute Gasteiger partial charge is 0.297 e. The number of anilines is 2. The van der Waals surface area contributed by atoms with E-state index in [9.17, 15) is 28.4 Å². The predicted molar refractivity (Wildman–Crippen MR) is 264 cm³/mol. The number of aromatic nitrogens is 2. The van der Waals surface area contributed by atoms with E-state index in [1.807, 2.05) is 25.3 Å². The lowest BCUT2D eigenvalue weighted by atomic mass is 9.59. The molecule has 5 aromatic rings. The third kappa shape index (κ3) is 8.92. The lowest BCUT2D eigenvalue weighted by molar-refractivity contribution is -0.384. The maximum atomic E-state index is 14.3. The minimum Gasteiger partial charge on any atom is -0.489 e. The van der Waals surface area contributed by atoms with Crippen LogP contribution >= 0.6 is 0 Å². The van der Waals surface area contributed by atoms with Gasteiger partial charge in [-0.25, -0.2) is 18.1 Å². The highest BCUT2D eigenvalue weighted by Crippen LogP contribution is 2.55. The van der Waals surface area contributed by atoms with E-state index in [1.165, 1.54) is 48.4 Å². The van der Waals surface area contributed by atoms with E-state index >= 15 is 0 Å². The first-order valence-electron chi connectivity index (χ1n) is 25.0. The van der Waals surface area contributed by atoms with Gasteiger partial charge in [0, 0.05) is 60.6 Å². The first-order valence-corrected chi connectivity index (χ1v) is 26.5. The molecule has 4 N–H and O–H groups in total. The highest BCUT2D eigenvalue weighted by atomic mass is 32.2. The Bertz CT molecular complexity index is 2910. The van der Waals surface area contributed by atoms with Crippen LogP contribution in [-0.4, -0.2) is 83.1 Å². The summed E-state index contributed by atoms with van der Waals surface area (Å²) in [5, 5.41) is 27.1. The molecule has 16 heteroatoms. The van der Waals surface area contributed by atoms with Crippen LogP contribution in [0.2, 0.25) is 0 Å². The molecule has 6 aliphatic rings. The molecular weight excluding hydrogens is 895 g/mol. The van der Waals surface area contributed by atoms with Crippen LogP contribution in [0.3, 0.4) is 0 Å². The Morgan fingerprint density at radius 2 is 1.75 bits per heavy atom. The molecule has 2 saturated heterocycles. The summed E-state index contributed by atoms with van der Waals surface area (Å²) in [5.74, 6) is 0.677. The number of ether oxygens (including phenoxy) is 2. The zero-order chi connectivity index (χ0) is 47.8. The van der Waals surface area contributed by atoms with Crippen LogP contribution in [-0.2, 0) is 10.0 Å². The number of nitro benzene ring substituents is 1. The van der Waals surface area contributed by atoms with Crippen molar-refractivity contribution < 1.29 is 32.7 Å². The van der Waals surface area contributed by atoms with E-state index in [0.717, 1.165) is 80.9 Å². The highest BCUT2D eigenvalue weighted by molar-refractivity contribution is 7.90. The molecule has 3 aliphatic carbocycles. The van der Waals surface area contributed by atoms with Crippen molar-refractivity contribution in [2.45, 2.75) is 138 Å². The Hall–Kier alpha value is -5.71. The van der Waals surface area contributed by atoms with Crippen molar-refractivity contribution in [1.29, 1.82) is 0 Å². The van der Waals surface area contributed by atoms with Gasteiger partial charge in [0.15, 0.2) is 11.4 Å². The van der Waals surface area contributed by atoms with Gasteiger partial charge in [-0.05, 0) is 149 Å². The summed E-state index contributed by atoms with van der Waals surface area (Å²) in [6, 6.07) is 19.1. The second kappa shape index (κ2) is 17.6. The number of carbonyl (C=O) groups is 1. The Labute approximate surface area is 403 Å². The van der Waals surface area contributed by atoms with Crippen LogP contribution in [0, 0.1) is 21.4 Å². The van der Waals surface area contributed by atoms with Crippen LogP contribution in [0.15, 0.2) is 78.0 Å². The van der Waals surface area contributed by atoms with Crippen LogP contribution in [0.25, 0.3) is 11.0 Å². The number of piperidine rings is 1. The van der Waals surface area contributed by atoms with Crippen LogP contribution < -0.4 is 24.4 Å². The number of rotatable bonds is 12. The van der Waals surface area contributed by atoms with Gasteiger partial charge in [-0.1, -0.05) is 38.1 Å². The molecule has 1 spiro atoms. The number of aromatic amines is 1. The van der Waals surface area contributed by atoms with Crippen molar-refractivity contribution in [2.24, 2.45) is 11.3 Å². The monoisotopic (exact) mass is 957 g/mol. The third-order valence-electron chi connectivity index (χ3n) is 16.5. The maximum Gasteiger partial charge on any atom is 0.297 e. The van der Waals surface area contributed by atoms with Crippen molar-refractivity contribution in [3.05, 3.63) is 105 Å². The lowest BCUT2D eigenvalue weighted by Gasteiger charge is -2.56. The van der Waals surface area contributed by atoms with Crippen LogP contribution in [0.1, 0.15) is 143 Å². The minimum atomic E-state index is -4.67. The number of sulfonamides is 1. The van der Waals surface area contributed by atoms with Crippen LogP contribution in [0.5, 0.6) is 17.2 Å². The molecule has 2 atom stereocenters. The summed E-state index contributed by atoms with van der Waals surface area (Å²) >= 11 is 0. The van der Waals surface area contributed by atoms with Gasteiger partial charge in [0.1, 0.15) is 23.8 Å². The summed E-state index contributed by atoms with van der Waals surface area (Å²) in [5.41, 5.74) is 4.86. The number of benzene rings is 3. The van der Waals surface area contributed by atoms with E-state index in [1.54, 1.807) is 18.3 Å². The number of hydrogen-bond donors (Lipinski definition) is 4. The topological polar surface area (TPSA) is 192 Å². The summed E-state index contributed by atoms with van der Waals surface area (Å²) in [6.07, 6.45) is 15.4. The predicted octanol–water partition coefficient (Wildman–Crippen LogP) is 10.1. The standard InChI is InChI=1S/C53H63N7O8S/c1-32(2)39-7-4-5-8-40(39)45-9-6-20-59(45)36-27-53(28-36)18-21-58(22-19-53)35-12-13-41(47(23-35)68-37-24-42-43(33-10-11-33)30-55-50(42)54-29-37)51(61)57-69(65,66)38-25-46(60(63)64)49-48(26-38)67-31-44(56-49)34-14-16-52(3,62)17-15-34/h4-5,7-8,12-13,23-26,29-30,32-34,36,44-45,56,62H,6,9-11,14-22,27-28,31H2,1-3H3,(H,54,55)(H,57,61)/t34?,44-,45+,52?/m1/s1. The number of carbonyl (C=O) groups excluding carboxylic acids is 1. The maximum absolute atomic E-state index is 14.3. The molecule has 364 valence electrons. The largest absolute Gasteiger partial charge is 0.489 e. The molecule has 5 heterocycles. The summed E-state index contributed by atoms with van der Waals surface area (Å²) in [4.78, 5) is 38.6. The third-order valence-corrected chi connectivity index (χ3v) is 17.8. The zero-order valence-corrected chi connectivity index (χ0v) is 40.5. The number of aliphatic hydroxyl groups is 1. The first kappa shape index (κ1) is 45.7. The first-order chi connectivity index (χ1) is 33.1. The van der Waals surface area contributed by atoms with Gasteiger partial charge in [-0.3, -0.25) is 19.8 Å². The molecule has 0 unspecified atom stereocenters. The molecular formula is C53H63N7O8S. The Balaban J connectivity index is 0.821. The Kier molecular flexibility index (Phi) is 11.7. The zero-order valence-electron chi connectivity index (χ0n) is 39.7. The van der Waals surface area contributed by atoms with Gasteiger partial charge in [-0.2, -0.15) is 0 Å². The van der Waals surface area contributed by atoms with Gasteiger partial charge < -0.3 is 29.8 Å². The normalized spacial score (nSPS) is 24.9. The number of fused-ring (bicyclic) bond motifs is 2. The average molecular weight is 958 g/mol. The molecule has 0 radical (unpaired) electrons. The van der Waals surface area contributed by atoms with Gasteiger partial charge in [0.2, 0.25) is 0 Å². The molecule has 3 aromatic carbocycles. The SMILES string of the molecule is CC(C)c1ccccc1[C@@H]1CCCN1C1CC2(CCN(c3ccc(C(=O)NS(=O)(=O)c4cc5c(c([N+](=O)[O-])c4)N[C@@H](C4CCC(C)(O)CC4)CO5)c(Oc4cnc5[nH]cc(C6CC6)c5c4)c3)CC2)C1. The Morgan fingerprint density at radius 3 is 2.49 bits per heavy atom. The van der Waals surface area contributed by atoms with Crippen molar-refractivity contribution >= 4 is 44.0 Å². The van der Waals surface area contributed by atoms with Gasteiger partial charge in [0.05, 0.1) is 33.2 Å². The summed E-state index contributed by atoms with van der Waals surface area (Å²) < 4.78 is 42.9.